The minimum atomic E-state index is -1.17. The van der Waals surface area contributed by atoms with Gasteiger partial charge in [-0.2, -0.15) is 12.6 Å². The predicted octanol–water partition coefficient (Wildman–Crippen LogP) is 1.04. The van der Waals surface area contributed by atoms with Crippen LogP contribution in [-0.4, -0.2) is 71.3 Å². The van der Waals surface area contributed by atoms with Gasteiger partial charge in [-0.3, -0.25) is 9.80 Å². The van der Waals surface area contributed by atoms with Gasteiger partial charge in [0.15, 0.2) is 0 Å². The van der Waals surface area contributed by atoms with Crippen molar-refractivity contribution in [2.75, 3.05) is 32.1 Å². The number of rotatable bonds is 17. The molecule has 0 aromatic carbocycles. The van der Waals surface area contributed by atoms with Gasteiger partial charge < -0.3 is 20.7 Å². The van der Waals surface area contributed by atoms with Crippen LogP contribution in [0.2, 0.25) is 0 Å². The Morgan fingerprint density at radius 1 is 1.26 bits per heavy atom. The van der Waals surface area contributed by atoms with Gasteiger partial charge in [-0.25, -0.2) is 10.2 Å². The summed E-state index contributed by atoms with van der Waals surface area (Å²) in [6.45, 7) is 5.54. The Morgan fingerprint density at radius 3 is 2.52 bits per heavy atom. The number of hydrogen-bond donors (Lipinski definition) is 5. The van der Waals surface area contributed by atoms with E-state index < -0.39 is 12.0 Å². The highest BCUT2D eigenvalue weighted by Crippen LogP contribution is 2.09. The molecule has 0 saturated heterocycles. The van der Waals surface area contributed by atoms with Gasteiger partial charge in [-0.1, -0.05) is 20.3 Å². The van der Waals surface area contributed by atoms with Gasteiger partial charge in [0.2, 0.25) is 5.91 Å². The van der Waals surface area contributed by atoms with Crippen LogP contribution in [-0.2, 0) is 14.3 Å². The van der Waals surface area contributed by atoms with Gasteiger partial charge in [-0.05, 0) is 25.2 Å². The Morgan fingerprint density at radius 2 is 1.96 bits per heavy atom. The third-order valence-electron chi connectivity index (χ3n) is 4.41. The second kappa shape index (κ2) is 16.1. The van der Waals surface area contributed by atoms with Gasteiger partial charge in [0.1, 0.15) is 6.04 Å². The van der Waals surface area contributed by atoms with Gasteiger partial charge in [0.05, 0.1) is 0 Å². The van der Waals surface area contributed by atoms with Gasteiger partial charge in [0.25, 0.3) is 0 Å². The smallest absolute Gasteiger partial charge is 0.328 e. The van der Waals surface area contributed by atoms with Crippen molar-refractivity contribution in [3.63, 3.8) is 0 Å². The summed E-state index contributed by atoms with van der Waals surface area (Å²) in [5.74, 6) is -0.449. The number of aliphatic hydroxyl groups excluding tert-OH is 1. The van der Waals surface area contributed by atoms with Gasteiger partial charge in [0, 0.05) is 51.0 Å². The van der Waals surface area contributed by atoms with Crippen molar-refractivity contribution in [1.82, 2.24) is 10.4 Å². The number of unbranched alkanes of at least 4 members (excludes halogenated alkanes) is 1. The molecule has 9 heteroatoms. The molecule has 0 bridgehead atoms. The Kier molecular flexibility index (Phi) is 15.6. The van der Waals surface area contributed by atoms with E-state index in [2.05, 4.69) is 31.9 Å². The quantitative estimate of drug-likeness (QED) is 0.139. The zero-order valence-corrected chi connectivity index (χ0v) is 17.5. The molecule has 0 radical (unpaired) electrons. The summed E-state index contributed by atoms with van der Waals surface area (Å²) in [5.41, 5.74) is 8.58. The van der Waals surface area contributed by atoms with Crippen LogP contribution in [0, 0.1) is 5.92 Å². The number of hydrogen-bond acceptors (Lipinski definition) is 7. The molecule has 0 aliphatic rings. The van der Waals surface area contributed by atoms with Crippen molar-refractivity contribution >= 4 is 24.5 Å². The molecular weight excluding hydrogens is 370 g/mol. The van der Waals surface area contributed by atoms with Crippen LogP contribution in [0.1, 0.15) is 52.4 Å². The fraction of sp³-hybridized carbons (Fsp3) is 0.889. The number of ether oxygens (including phenoxy) is 1. The van der Waals surface area contributed by atoms with Crippen molar-refractivity contribution in [1.29, 1.82) is 0 Å². The Labute approximate surface area is 168 Å². The molecule has 5 N–H and O–H groups in total. The lowest BCUT2D eigenvalue weighted by Crippen LogP contribution is -2.55. The Bertz CT molecular complexity index is 414. The highest BCUT2D eigenvalue weighted by Gasteiger charge is 2.29. The molecule has 27 heavy (non-hydrogen) atoms. The molecule has 3 atom stereocenters. The number of aliphatic hydroxyl groups is 1. The minimum Gasteiger partial charge on any atom is -0.480 e. The maximum Gasteiger partial charge on any atom is 0.328 e. The fourth-order valence-electron chi connectivity index (χ4n) is 2.33. The lowest BCUT2D eigenvalue weighted by Gasteiger charge is -2.30. The van der Waals surface area contributed by atoms with Crippen molar-refractivity contribution in [2.45, 2.75) is 64.5 Å². The lowest BCUT2D eigenvalue weighted by atomic mass is 10.1. The maximum absolute atomic E-state index is 12.5. The molecule has 8 nitrogen and oxygen atoms in total. The van der Waals surface area contributed by atoms with Crippen molar-refractivity contribution in [3.8, 4) is 0 Å². The first-order chi connectivity index (χ1) is 12.9. The number of amides is 1. The average Bonchev–Trinajstić information content (AvgIpc) is 2.65. The standard InChI is InChI=1S/C18H37N3O5S/c1-3-14(2)8-11-26-10-5-4-6-17(23)21(20-12-15(19)13-27)16(7-9-22)18(24)25/h14-16,20,22,27H,3-13,19H2,1-2H3,(H,24,25)/t14-,15?,16-/m0/s1. The summed E-state index contributed by atoms with van der Waals surface area (Å²) in [6, 6.07) is -1.45. The summed E-state index contributed by atoms with van der Waals surface area (Å²) in [4.78, 5) is 24.0. The lowest BCUT2D eigenvalue weighted by molar-refractivity contribution is -0.154. The first-order valence-electron chi connectivity index (χ1n) is 9.70. The third-order valence-corrected chi connectivity index (χ3v) is 4.88. The molecule has 0 aliphatic heterocycles. The summed E-state index contributed by atoms with van der Waals surface area (Å²) >= 11 is 4.08. The number of carboxylic acids is 1. The number of hydrazine groups is 1. The van der Waals surface area contributed by atoms with Crippen LogP contribution in [0.15, 0.2) is 0 Å². The number of nitrogens with two attached hydrogens (primary N) is 1. The van der Waals surface area contributed by atoms with E-state index in [1.807, 2.05) is 0 Å². The zero-order chi connectivity index (χ0) is 20.7. The first-order valence-corrected chi connectivity index (χ1v) is 10.3. The molecule has 0 rings (SSSR count). The molecule has 0 spiro atoms. The number of thiol groups is 1. The molecule has 1 amide bonds. The van der Waals surface area contributed by atoms with E-state index in [1.54, 1.807) is 0 Å². The SMILES string of the molecule is CC[C@H](C)CCOCCCCC(=O)N(NCC(N)CS)[C@@H](CCO)C(=O)O. The monoisotopic (exact) mass is 407 g/mol. The largest absolute Gasteiger partial charge is 0.480 e. The number of carbonyl (C=O) groups is 2. The number of nitrogens with one attached hydrogen (secondary N) is 1. The average molecular weight is 408 g/mol. The predicted molar refractivity (Wildman–Crippen MR) is 109 cm³/mol. The van der Waals surface area contributed by atoms with Crippen LogP contribution < -0.4 is 11.2 Å². The summed E-state index contributed by atoms with van der Waals surface area (Å²) in [6.07, 6.45) is 3.64. The van der Waals surface area contributed by atoms with E-state index in [0.717, 1.165) is 30.9 Å². The van der Waals surface area contributed by atoms with Crippen LogP contribution >= 0.6 is 12.6 Å². The Balaban J connectivity index is 4.42. The molecule has 0 fully saturated rings. The van der Waals surface area contributed by atoms with Crippen LogP contribution in [0.3, 0.4) is 0 Å². The number of aliphatic carboxylic acids is 1. The third kappa shape index (κ3) is 12.2. The van der Waals surface area contributed by atoms with Crippen LogP contribution in [0.5, 0.6) is 0 Å². The molecule has 1 unspecified atom stereocenters. The summed E-state index contributed by atoms with van der Waals surface area (Å²) in [5, 5.41) is 19.6. The molecule has 0 aromatic heterocycles. The fourth-order valence-corrected chi connectivity index (χ4v) is 2.46. The van der Waals surface area contributed by atoms with E-state index in [1.165, 1.54) is 0 Å². The van der Waals surface area contributed by atoms with Crippen LogP contribution in [0.25, 0.3) is 0 Å². The second-order valence-corrected chi connectivity index (χ2v) is 7.17. The molecular formula is C18H37N3O5S. The van der Waals surface area contributed by atoms with Crippen molar-refractivity contribution < 1.29 is 24.5 Å². The second-order valence-electron chi connectivity index (χ2n) is 6.81. The normalized spacial score (nSPS) is 14.6. The maximum atomic E-state index is 12.5. The molecule has 0 heterocycles. The van der Waals surface area contributed by atoms with Gasteiger partial charge >= 0.3 is 5.97 Å². The molecule has 0 saturated carbocycles. The summed E-state index contributed by atoms with van der Waals surface area (Å²) < 4.78 is 5.57. The van der Waals surface area contributed by atoms with Gasteiger partial charge in [-0.15, -0.1) is 0 Å². The van der Waals surface area contributed by atoms with Crippen molar-refractivity contribution in [3.05, 3.63) is 0 Å². The highest BCUT2D eigenvalue weighted by molar-refractivity contribution is 7.80. The first kappa shape index (κ1) is 26.1. The topological polar surface area (TPSA) is 125 Å². The van der Waals surface area contributed by atoms with E-state index >= 15 is 0 Å². The van der Waals surface area contributed by atoms with E-state index in [4.69, 9.17) is 15.6 Å². The van der Waals surface area contributed by atoms with Crippen molar-refractivity contribution in [2.24, 2.45) is 11.7 Å². The molecule has 0 aromatic rings. The number of nitrogens with zero attached hydrogens (tertiary/aromatic N) is 1. The number of carbonyl (C=O) groups excluding carboxylic acids is 1. The van der Waals surface area contributed by atoms with E-state index in [0.29, 0.717) is 24.7 Å². The highest BCUT2D eigenvalue weighted by atomic mass is 32.1. The summed E-state index contributed by atoms with van der Waals surface area (Å²) in [7, 11) is 0. The van der Waals surface area contributed by atoms with Crippen LogP contribution in [0.4, 0.5) is 0 Å². The van der Waals surface area contributed by atoms with E-state index in [-0.39, 0.29) is 37.9 Å². The zero-order valence-electron chi connectivity index (χ0n) is 16.6. The number of carboxylic acid groups (broad SMARTS) is 1. The van der Waals surface area contributed by atoms with E-state index in [9.17, 15) is 14.7 Å². The molecule has 160 valence electrons. The Hall–Kier alpha value is -0.870. The molecule has 0 aliphatic carbocycles. The minimum absolute atomic E-state index is 0.0527.